The number of carbonyl (C=O) groups excluding carboxylic acids is 1. The lowest BCUT2D eigenvalue weighted by Crippen LogP contribution is -2.41. The van der Waals surface area contributed by atoms with Crippen molar-refractivity contribution < 1.29 is 9.90 Å². The summed E-state index contributed by atoms with van der Waals surface area (Å²) in [6.07, 6.45) is 2.19. The highest BCUT2D eigenvalue weighted by Crippen LogP contribution is 2.11. The molecule has 1 amide bonds. The summed E-state index contributed by atoms with van der Waals surface area (Å²) < 4.78 is 0. The van der Waals surface area contributed by atoms with Crippen molar-refractivity contribution in [2.24, 2.45) is 0 Å². The zero-order valence-electron chi connectivity index (χ0n) is 11.0. The van der Waals surface area contributed by atoms with Crippen LogP contribution in [0, 0.1) is 0 Å². The van der Waals surface area contributed by atoms with Crippen LogP contribution in [0.2, 0.25) is 0 Å². The van der Waals surface area contributed by atoms with E-state index < -0.39 is 5.56 Å². The molecule has 0 spiro atoms. The number of rotatable bonds is 4. The Hall–Kier alpha value is -1.82. The standard InChI is InChI=1S/C13H19N3O3/c1-2-16(8-10-4-3-5-14-10)13(19)9-6-11(17)15-12(18)7-9/h6-7,10,14H,2-5,8H2,1H3,(H2,15,17,18). The van der Waals surface area contributed by atoms with Gasteiger partial charge in [-0.25, -0.2) is 0 Å². The Balaban J connectivity index is 2.12. The highest BCUT2D eigenvalue weighted by atomic mass is 16.3. The van der Waals surface area contributed by atoms with Crippen LogP contribution in [0.15, 0.2) is 16.9 Å². The Morgan fingerprint density at radius 2 is 2.32 bits per heavy atom. The first-order valence-corrected chi connectivity index (χ1v) is 6.56. The smallest absolute Gasteiger partial charge is 0.254 e. The second-order valence-corrected chi connectivity index (χ2v) is 4.76. The number of hydrogen-bond donors (Lipinski definition) is 3. The fourth-order valence-electron chi connectivity index (χ4n) is 2.37. The van der Waals surface area contributed by atoms with Crippen LogP contribution in [0.4, 0.5) is 0 Å². The van der Waals surface area contributed by atoms with Gasteiger partial charge in [-0.05, 0) is 26.3 Å². The maximum atomic E-state index is 12.3. The third kappa shape index (κ3) is 3.35. The van der Waals surface area contributed by atoms with Gasteiger partial charge in [0.2, 0.25) is 0 Å². The highest BCUT2D eigenvalue weighted by molar-refractivity contribution is 5.94. The second kappa shape index (κ2) is 5.88. The third-order valence-corrected chi connectivity index (χ3v) is 3.35. The molecule has 0 aromatic carbocycles. The molecule has 2 heterocycles. The summed E-state index contributed by atoms with van der Waals surface area (Å²) in [6, 6.07) is 2.82. The number of aromatic amines is 1. The lowest BCUT2D eigenvalue weighted by molar-refractivity contribution is 0.0750. The van der Waals surface area contributed by atoms with Crippen LogP contribution < -0.4 is 10.9 Å². The zero-order valence-corrected chi connectivity index (χ0v) is 11.0. The number of hydrogen-bond acceptors (Lipinski definition) is 4. The van der Waals surface area contributed by atoms with Crippen LogP contribution in [0.1, 0.15) is 30.1 Å². The first-order chi connectivity index (χ1) is 9.10. The molecule has 1 aliphatic rings. The van der Waals surface area contributed by atoms with Crippen molar-refractivity contribution in [2.75, 3.05) is 19.6 Å². The van der Waals surface area contributed by atoms with E-state index in [4.69, 9.17) is 0 Å². The van der Waals surface area contributed by atoms with Gasteiger partial charge in [0.05, 0.1) is 5.56 Å². The Morgan fingerprint density at radius 1 is 1.53 bits per heavy atom. The molecule has 0 radical (unpaired) electrons. The van der Waals surface area contributed by atoms with Crippen molar-refractivity contribution in [3.63, 3.8) is 0 Å². The number of nitrogens with zero attached hydrogens (tertiary/aromatic N) is 1. The van der Waals surface area contributed by atoms with Crippen molar-refractivity contribution in [1.82, 2.24) is 15.2 Å². The number of carbonyl (C=O) groups is 1. The van der Waals surface area contributed by atoms with E-state index >= 15 is 0 Å². The summed E-state index contributed by atoms with van der Waals surface area (Å²) >= 11 is 0. The summed E-state index contributed by atoms with van der Waals surface area (Å²) in [5, 5.41) is 12.7. The van der Waals surface area contributed by atoms with E-state index in [1.165, 1.54) is 12.1 Å². The van der Waals surface area contributed by atoms with Gasteiger partial charge in [0.25, 0.3) is 11.5 Å². The van der Waals surface area contributed by atoms with E-state index in [9.17, 15) is 14.7 Å². The molecule has 0 bridgehead atoms. The van der Waals surface area contributed by atoms with Crippen LogP contribution in [0.3, 0.4) is 0 Å². The van der Waals surface area contributed by atoms with Crippen LogP contribution in [0.5, 0.6) is 5.88 Å². The predicted octanol–water partition coefficient (Wildman–Crippen LogP) is 0.295. The van der Waals surface area contributed by atoms with Crippen LogP contribution in [-0.4, -0.2) is 46.6 Å². The van der Waals surface area contributed by atoms with Crippen molar-refractivity contribution in [2.45, 2.75) is 25.8 Å². The average Bonchev–Trinajstić information content (AvgIpc) is 2.86. The third-order valence-electron chi connectivity index (χ3n) is 3.35. The summed E-state index contributed by atoms with van der Waals surface area (Å²) in [5.74, 6) is -0.511. The fourth-order valence-corrected chi connectivity index (χ4v) is 2.37. The molecular weight excluding hydrogens is 246 g/mol. The molecule has 1 saturated heterocycles. The molecule has 1 aliphatic heterocycles. The Bertz CT molecular complexity index is 506. The molecule has 6 heteroatoms. The van der Waals surface area contributed by atoms with Crippen molar-refractivity contribution >= 4 is 5.91 Å². The quantitative estimate of drug-likeness (QED) is 0.730. The van der Waals surface area contributed by atoms with E-state index in [-0.39, 0.29) is 17.4 Å². The minimum absolute atomic E-state index is 0.223. The maximum Gasteiger partial charge on any atom is 0.254 e. The molecule has 1 fully saturated rings. The Kier molecular flexibility index (Phi) is 4.21. The topological polar surface area (TPSA) is 85.4 Å². The summed E-state index contributed by atoms with van der Waals surface area (Å²) in [7, 11) is 0. The molecule has 3 N–H and O–H groups in total. The highest BCUT2D eigenvalue weighted by Gasteiger charge is 2.21. The lowest BCUT2D eigenvalue weighted by Gasteiger charge is -2.24. The van der Waals surface area contributed by atoms with Crippen molar-refractivity contribution in [3.8, 4) is 5.88 Å². The molecule has 1 unspecified atom stereocenters. The van der Waals surface area contributed by atoms with Crippen LogP contribution in [-0.2, 0) is 0 Å². The van der Waals surface area contributed by atoms with Crippen molar-refractivity contribution in [3.05, 3.63) is 28.0 Å². The minimum Gasteiger partial charge on any atom is -0.494 e. The Morgan fingerprint density at radius 3 is 2.89 bits per heavy atom. The fraction of sp³-hybridized carbons (Fsp3) is 0.538. The monoisotopic (exact) mass is 265 g/mol. The van der Waals surface area contributed by atoms with Gasteiger partial charge >= 0.3 is 0 Å². The van der Waals surface area contributed by atoms with Gasteiger partial charge < -0.3 is 15.3 Å². The summed E-state index contributed by atoms with van der Waals surface area (Å²) in [6.45, 7) is 4.09. The number of aromatic hydroxyl groups is 1. The van der Waals surface area contributed by atoms with Gasteiger partial charge in [0, 0.05) is 31.3 Å². The first-order valence-electron chi connectivity index (χ1n) is 6.56. The average molecular weight is 265 g/mol. The lowest BCUT2D eigenvalue weighted by atomic mass is 10.2. The number of pyridine rings is 1. The molecule has 0 saturated carbocycles. The van der Waals surface area contributed by atoms with Gasteiger partial charge in [-0.1, -0.05) is 0 Å². The normalized spacial score (nSPS) is 18.5. The summed E-state index contributed by atoms with van der Waals surface area (Å²) in [4.78, 5) is 27.5. The van der Waals surface area contributed by atoms with E-state index in [0.29, 0.717) is 19.1 Å². The van der Waals surface area contributed by atoms with E-state index in [2.05, 4.69) is 10.3 Å². The van der Waals surface area contributed by atoms with E-state index in [1.54, 1.807) is 4.90 Å². The SMILES string of the molecule is CCN(CC1CCCN1)C(=O)c1cc(O)[nH]c(=O)c1. The molecular formula is C13H19N3O3. The maximum absolute atomic E-state index is 12.3. The number of aromatic nitrogens is 1. The minimum atomic E-state index is -0.474. The molecule has 104 valence electrons. The number of H-pyrrole nitrogens is 1. The zero-order chi connectivity index (χ0) is 13.8. The van der Waals surface area contributed by atoms with Crippen molar-refractivity contribution in [1.29, 1.82) is 0 Å². The van der Waals surface area contributed by atoms with Gasteiger partial charge in [0.1, 0.15) is 0 Å². The molecule has 1 atom stereocenters. The first kappa shape index (κ1) is 13.6. The number of amides is 1. The molecule has 2 rings (SSSR count). The molecule has 1 aromatic heterocycles. The number of likely N-dealkylation sites (N-methyl/N-ethyl adjacent to an activating group) is 1. The molecule has 1 aromatic rings. The summed E-state index contributed by atoms with van der Waals surface area (Å²) in [5.41, 5.74) is -0.250. The van der Waals surface area contributed by atoms with Gasteiger partial charge in [-0.3, -0.25) is 14.6 Å². The van der Waals surface area contributed by atoms with Crippen LogP contribution in [0.25, 0.3) is 0 Å². The van der Waals surface area contributed by atoms with Gasteiger partial charge in [0.15, 0.2) is 5.88 Å². The second-order valence-electron chi connectivity index (χ2n) is 4.76. The Labute approximate surface area is 111 Å². The predicted molar refractivity (Wildman–Crippen MR) is 71.3 cm³/mol. The molecule has 0 aliphatic carbocycles. The van der Waals surface area contributed by atoms with E-state index in [0.717, 1.165) is 19.4 Å². The van der Waals surface area contributed by atoms with Gasteiger partial charge in [-0.15, -0.1) is 0 Å². The number of nitrogens with one attached hydrogen (secondary N) is 2. The largest absolute Gasteiger partial charge is 0.494 e. The van der Waals surface area contributed by atoms with E-state index in [1.807, 2.05) is 6.92 Å². The van der Waals surface area contributed by atoms with Gasteiger partial charge in [-0.2, -0.15) is 0 Å². The molecule has 6 nitrogen and oxygen atoms in total. The molecule has 19 heavy (non-hydrogen) atoms. The van der Waals surface area contributed by atoms with Crippen LogP contribution >= 0.6 is 0 Å².